The molecule has 64 valence electrons. The Kier molecular flexibility index (Phi) is 7.98. The lowest BCUT2D eigenvalue weighted by Crippen LogP contribution is -2.20. The van der Waals surface area contributed by atoms with Crippen molar-refractivity contribution >= 4 is 11.7 Å². The summed E-state index contributed by atoms with van der Waals surface area (Å²) in [6.45, 7) is 7.45. The third-order valence-corrected chi connectivity index (χ3v) is 0.663. The summed E-state index contributed by atoms with van der Waals surface area (Å²) in [7, 11) is 0. The van der Waals surface area contributed by atoms with Crippen LogP contribution >= 0.6 is 0 Å². The summed E-state index contributed by atoms with van der Waals surface area (Å²) in [6.07, 6.45) is 1.21. The van der Waals surface area contributed by atoms with Crippen molar-refractivity contribution in [2.24, 2.45) is 5.73 Å². The molecule has 0 fully saturated rings. The van der Waals surface area contributed by atoms with Crippen LogP contribution in [0.4, 0.5) is 0 Å². The molecule has 0 radical (unpaired) electrons. The van der Waals surface area contributed by atoms with Gasteiger partial charge in [0, 0.05) is 0 Å². The van der Waals surface area contributed by atoms with Crippen molar-refractivity contribution in [2.45, 2.75) is 27.7 Å². The molecule has 0 aliphatic heterocycles. The van der Waals surface area contributed by atoms with Gasteiger partial charge in [0.05, 0.1) is 0 Å². The molecule has 0 atom stereocenters. The van der Waals surface area contributed by atoms with Crippen LogP contribution in [0.1, 0.15) is 27.7 Å². The number of carbonyl (C=O) groups excluding carboxylic acids is 2. The number of hydrogen-bond acceptors (Lipinski definition) is 2. The van der Waals surface area contributed by atoms with Crippen molar-refractivity contribution in [3.8, 4) is 0 Å². The summed E-state index contributed by atoms with van der Waals surface area (Å²) in [4.78, 5) is 20.5. The van der Waals surface area contributed by atoms with Crippen LogP contribution in [0.5, 0.6) is 0 Å². The van der Waals surface area contributed by atoms with Gasteiger partial charge >= 0.3 is 0 Å². The van der Waals surface area contributed by atoms with E-state index in [4.69, 9.17) is 0 Å². The molecule has 0 saturated carbocycles. The minimum absolute atomic E-state index is 0.644. The molecular formula is C8H15NO2. The molecule has 1 amide bonds. The second-order valence-corrected chi connectivity index (χ2v) is 1.95. The van der Waals surface area contributed by atoms with Crippen LogP contribution in [0.3, 0.4) is 0 Å². The van der Waals surface area contributed by atoms with Gasteiger partial charge in [-0.2, -0.15) is 0 Å². The van der Waals surface area contributed by atoms with Crippen LogP contribution < -0.4 is 5.73 Å². The fourth-order valence-electron chi connectivity index (χ4n) is 0.333. The zero-order valence-corrected chi connectivity index (χ0v) is 7.47. The fourth-order valence-corrected chi connectivity index (χ4v) is 0.333. The van der Waals surface area contributed by atoms with Gasteiger partial charge in [-0.1, -0.05) is 19.4 Å². The highest BCUT2D eigenvalue weighted by Gasteiger charge is 2.02. The largest absolute Gasteiger partial charge is 0.363 e. The minimum Gasteiger partial charge on any atom is -0.363 e. The van der Waals surface area contributed by atoms with Gasteiger partial charge in [-0.3, -0.25) is 9.59 Å². The van der Waals surface area contributed by atoms with Crippen molar-refractivity contribution in [2.75, 3.05) is 0 Å². The normalized spacial score (nSPS) is 7.27. The van der Waals surface area contributed by atoms with Gasteiger partial charge in [0.25, 0.3) is 5.91 Å². The predicted octanol–water partition coefficient (Wildman–Crippen LogP) is 1.03. The topological polar surface area (TPSA) is 60.2 Å². The number of amides is 1. The lowest BCUT2D eigenvalue weighted by molar-refractivity contribution is -0.133. The Balaban J connectivity index is 0. The van der Waals surface area contributed by atoms with E-state index in [1.807, 2.05) is 13.8 Å². The number of nitrogens with two attached hydrogens (primary N) is 1. The Morgan fingerprint density at radius 1 is 1.18 bits per heavy atom. The van der Waals surface area contributed by atoms with Crippen LogP contribution in [-0.4, -0.2) is 11.7 Å². The average molecular weight is 157 g/mol. The van der Waals surface area contributed by atoms with Crippen molar-refractivity contribution in [1.29, 1.82) is 0 Å². The molecule has 2 N–H and O–H groups in total. The summed E-state index contributed by atoms with van der Waals surface area (Å²) in [5.41, 5.74) is 5.43. The number of primary amides is 1. The Hall–Kier alpha value is -1.12. The quantitative estimate of drug-likeness (QED) is 0.480. The SMILES string of the molecule is CC.CC(C)=CC(=O)C(N)=O. The van der Waals surface area contributed by atoms with Crippen LogP contribution in [0.2, 0.25) is 0 Å². The summed E-state index contributed by atoms with van der Waals surface area (Å²) in [5.74, 6) is -1.55. The Morgan fingerprint density at radius 3 is 1.64 bits per heavy atom. The first kappa shape index (κ1) is 12.5. The number of hydrogen-bond donors (Lipinski definition) is 1. The first-order chi connectivity index (χ1) is 5.04. The predicted molar refractivity (Wildman–Crippen MR) is 45.0 cm³/mol. The molecule has 3 nitrogen and oxygen atoms in total. The maximum Gasteiger partial charge on any atom is 0.289 e. The molecule has 0 saturated heterocycles. The van der Waals surface area contributed by atoms with Crippen molar-refractivity contribution in [3.63, 3.8) is 0 Å². The summed E-state index contributed by atoms with van der Waals surface area (Å²) < 4.78 is 0. The molecule has 0 heterocycles. The van der Waals surface area contributed by atoms with Gasteiger partial charge in [-0.15, -0.1) is 0 Å². The molecule has 3 heteroatoms. The van der Waals surface area contributed by atoms with Gasteiger partial charge in [-0.25, -0.2) is 0 Å². The Morgan fingerprint density at radius 2 is 1.55 bits per heavy atom. The van der Waals surface area contributed by atoms with E-state index in [0.29, 0.717) is 0 Å². The van der Waals surface area contributed by atoms with Gasteiger partial charge in [0.1, 0.15) is 0 Å². The second-order valence-electron chi connectivity index (χ2n) is 1.95. The number of ketones is 1. The van der Waals surface area contributed by atoms with Crippen molar-refractivity contribution < 1.29 is 9.59 Å². The molecule has 0 rings (SSSR count). The summed E-state index contributed by atoms with van der Waals surface area (Å²) in [6, 6.07) is 0. The molecule has 0 unspecified atom stereocenters. The number of carbonyl (C=O) groups is 2. The van der Waals surface area contributed by atoms with Crippen LogP contribution in [0.25, 0.3) is 0 Å². The number of allylic oxidation sites excluding steroid dienone is 1. The molecule has 0 aromatic rings. The third-order valence-electron chi connectivity index (χ3n) is 0.663. The standard InChI is InChI=1S/C6H9NO2.C2H6/c1-4(2)3-5(8)6(7)9;1-2/h3H,1-2H3,(H2,7,9);1-2H3. The van der Waals surface area contributed by atoms with Crippen LogP contribution in [0.15, 0.2) is 11.6 Å². The molecule has 0 aromatic heterocycles. The Labute approximate surface area is 67.3 Å². The highest BCUT2D eigenvalue weighted by molar-refractivity contribution is 6.40. The third kappa shape index (κ3) is 8.88. The average Bonchev–Trinajstić information content (AvgIpc) is 1.90. The molecule has 0 bridgehead atoms. The van der Waals surface area contributed by atoms with Gasteiger partial charge in [-0.05, 0) is 19.9 Å². The van der Waals surface area contributed by atoms with E-state index in [0.717, 1.165) is 5.57 Å². The van der Waals surface area contributed by atoms with E-state index in [9.17, 15) is 9.59 Å². The molecule has 0 aliphatic rings. The summed E-state index contributed by atoms with van der Waals surface area (Å²) >= 11 is 0. The lowest BCUT2D eigenvalue weighted by atomic mass is 10.2. The van der Waals surface area contributed by atoms with E-state index < -0.39 is 11.7 Å². The highest BCUT2D eigenvalue weighted by Crippen LogP contribution is 1.87. The molecule has 0 aliphatic carbocycles. The second kappa shape index (κ2) is 6.99. The van der Waals surface area contributed by atoms with Gasteiger partial charge < -0.3 is 5.73 Å². The van der Waals surface area contributed by atoms with Gasteiger partial charge in [0.2, 0.25) is 5.78 Å². The van der Waals surface area contributed by atoms with E-state index in [1.54, 1.807) is 13.8 Å². The van der Waals surface area contributed by atoms with Gasteiger partial charge in [0.15, 0.2) is 0 Å². The smallest absolute Gasteiger partial charge is 0.289 e. The first-order valence-electron chi connectivity index (χ1n) is 3.52. The zero-order chi connectivity index (χ0) is 9.44. The van der Waals surface area contributed by atoms with Crippen molar-refractivity contribution in [1.82, 2.24) is 0 Å². The molecule has 0 spiro atoms. The summed E-state index contributed by atoms with van der Waals surface area (Å²) in [5, 5.41) is 0. The Bertz CT molecular complexity index is 167. The van der Waals surface area contributed by atoms with E-state index in [1.165, 1.54) is 6.08 Å². The molecule has 0 aromatic carbocycles. The monoisotopic (exact) mass is 157 g/mol. The molecular weight excluding hydrogens is 142 g/mol. The lowest BCUT2D eigenvalue weighted by Gasteiger charge is -1.85. The maximum atomic E-state index is 10.4. The minimum atomic E-state index is -0.906. The van der Waals surface area contributed by atoms with Crippen molar-refractivity contribution in [3.05, 3.63) is 11.6 Å². The zero-order valence-electron chi connectivity index (χ0n) is 7.47. The van der Waals surface area contributed by atoms with E-state index >= 15 is 0 Å². The van der Waals surface area contributed by atoms with Crippen LogP contribution in [0, 0.1) is 0 Å². The fraction of sp³-hybridized carbons (Fsp3) is 0.500. The maximum absolute atomic E-state index is 10.4. The van der Waals surface area contributed by atoms with Crippen LogP contribution in [-0.2, 0) is 9.59 Å². The first-order valence-corrected chi connectivity index (χ1v) is 3.52. The van der Waals surface area contributed by atoms with E-state index in [2.05, 4.69) is 5.73 Å². The van der Waals surface area contributed by atoms with E-state index in [-0.39, 0.29) is 0 Å². The molecule has 11 heavy (non-hydrogen) atoms. The highest BCUT2D eigenvalue weighted by atomic mass is 16.2. The number of rotatable bonds is 2.